The first kappa shape index (κ1) is 34.7. The third kappa shape index (κ3) is 6.37. The standard InChI is InChI=1S/C54H39NSSi/c1-5-15-44(16-6-1)55(45-17-7-2-8-18-45)46-32-25-40(26-33-46)41-27-34-49(35-28-41)57(47-19-9-3-10-20-47,48-21-11-4-12-22-48)50-36-29-42(30-37-50)43-31-38-52-51-23-13-14-24-53(51)56-54(52)39-43/h1-39H. The van der Waals surface area contributed by atoms with E-state index in [-0.39, 0.29) is 0 Å². The number of anilines is 3. The Morgan fingerprint density at radius 3 is 1.18 bits per heavy atom. The van der Waals surface area contributed by atoms with Gasteiger partial charge in [0, 0.05) is 37.2 Å². The average Bonchev–Trinajstić information content (AvgIpc) is 3.67. The highest BCUT2D eigenvalue weighted by Gasteiger charge is 2.41. The lowest BCUT2D eigenvalue weighted by molar-refractivity contribution is 1.28. The van der Waals surface area contributed by atoms with Gasteiger partial charge >= 0.3 is 0 Å². The molecule has 0 saturated carbocycles. The summed E-state index contributed by atoms with van der Waals surface area (Å²) in [5.74, 6) is 0. The maximum absolute atomic E-state index is 2.72. The summed E-state index contributed by atoms with van der Waals surface area (Å²) in [5.41, 5.74) is 8.27. The summed E-state index contributed by atoms with van der Waals surface area (Å²) in [6, 6.07) is 87.0. The molecule has 1 nitrogen and oxygen atoms in total. The Morgan fingerprint density at radius 2 is 0.649 bits per heavy atom. The second-order valence-electron chi connectivity index (χ2n) is 14.5. The predicted molar refractivity (Wildman–Crippen MR) is 249 cm³/mol. The van der Waals surface area contributed by atoms with Crippen LogP contribution in [0.25, 0.3) is 42.4 Å². The summed E-state index contributed by atoms with van der Waals surface area (Å²) < 4.78 is 2.66. The molecule has 0 bridgehead atoms. The molecule has 10 rings (SSSR count). The van der Waals surface area contributed by atoms with Gasteiger partial charge in [0.1, 0.15) is 0 Å². The Morgan fingerprint density at radius 1 is 0.281 bits per heavy atom. The minimum Gasteiger partial charge on any atom is -0.311 e. The van der Waals surface area contributed by atoms with Crippen molar-refractivity contribution in [3.05, 3.63) is 237 Å². The zero-order valence-corrected chi connectivity index (χ0v) is 33.2. The van der Waals surface area contributed by atoms with E-state index < -0.39 is 8.07 Å². The van der Waals surface area contributed by atoms with E-state index >= 15 is 0 Å². The molecule has 57 heavy (non-hydrogen) atoms. The zero-order chi connectivity index (χ0) is 38.0. The van der Waals surface area contributed by atoms with Gasteiger partial charge in [0.05, 0.1) is 0 Å². The molecule has 0 radical (unpaired) electrons. The van der Waals surface area contributed by atoms with Crippen molar-refractivity contribution in [1.82, 2.24) is 0 Å². The van der Waals surface area contributed by atoms with Crippen LogP contribution in [0.3, 0.4) is 0 Å². The lowest BCUT2D eigenvalue weighted by Gasteiger charge is -2.34. The number of benzene rings is 9. The third-order valence-corrected chi connectivity index (χ3v) is 17.2. The van der Waals surface area contributed by atoms with Crippen molar-refractivity contribution in [2.75, 3.05) is 4.90 Å². The summed E-state index contributed by atoms with van der Waals surface area (Å²) >= 11 is 1.87. The van der Waals surface area contributed by atoms with Crippen LogP contribution < -0.4 is 25.6 Å². The number of fused-ring (bicyclic) bond motifs is 3. The van der Waals surface area contributed by atoms with Crippen LogP contribution in [0.2, 0.25) is 0 Å². The molecule has 0 aliphatic heterocycles. The fourth-order valence-electron chi connectivity index (χ4n) is 8.51. The molecule has 0 spiro atoms. The quantitative estimate of drug-likeness (QED) is 0.105. The van der Waals surface area contributed by atoms with Crippen molar-refractivity contribution >= 4 is 77.4 Å². The van der Waals surface area contributed by atoms with Crippen LogP contribution in [0.5, 0.6) is 0 Å². The summed E-state index contributed by atoms with van der Waals surface area (Å²) in [6.07, 6.45) is 0. The topological polar surface area (TPSA) is 3.24 Å². The van der Waals surface area contributed by atoms with E-state index in [1.165, 1.54) is 63.2 Å². The molecule has 3 heteroatoms. The molecular formula is C54H39NSSi. The molecule has 0 aliphatic rings. The first-order valence-corrected chi connectivity index (χ1v) is 22.3. The largest absolute Gasteiger partial charge is 0.311 e. The normalized spacial score (nSPS) is 11.5. The van der Waals surface area contributed by atoms with Crippen LogP contribution in [0.15, 0.2) is 237 Å². The van der Waals surface area contributed by atoms with Crippen molar-refractivity contribution < 1.29 is 0 Å². The minimum atomic E-state index is -2.72. The van der Waals surface area contributed by atoms with E-state index in [0.29, 0.717) is 0 Å². The van der Waals surface area contributed by atoms with Gasteiger partial charge in [-0.15, -0.1) is 11.3 Å². The summed E-state index contributed by atoms with van der Waals surface area (Å²) in [4.78, 5) is 2.31. The van der Waals surface area contributed by atoms with Crippen LogP contribution in [0, 0.1) is 0 Å². The fraction of sp³-hybridized carbons (Fsp3) is 0. The van der Waals surface area contributed by atoms with Gasteiger partial charge in [0.25, 0.3) is 0 Å². The number of hydrogen-bond donors (Lipinski definition) is 0. The van der Waals surface area contributed by atoms with Crippen molar-refractivity contribution in [3.63, 3.8) is 0 Å². The van der Waals surface area contributed by atoms with Crippen LogP contribution in [-0.2, 0) is 0 Å². The molecule has 0 saturated heterocycles. The molecule has 1 aromatic heterocycles. The van der Waals surface area contributed by atoms with Gasteiger partial charge in [-0.05, 0) is 91.5 Å². The Bertz CT molecular complexity index is 2830. The van der Waals surface area contributed by atoms with Gasteiger partial charge < -0.3 is 4.90 Å². The molecule has 0 atom stereocenters. The molecule has 0 aliphatic carbocycles. The van der Waals surface area contributed by atoms with E-state index in [1.54, 1.807) is 0 Å². The SMILES string of the molecule is c1ccc(N(c2ccccc2)c2ccc(-c3ccc([Si](c4ccccc4)(c4ccccc4)c4ccc(-c5ccc6c(c5)sc5ccccc56)cc4)cc3)cc2)cc1. The monoisotopic (exact) mass is 761 g/mol. The minimum absolute atomic E-state index is 1.12. The van der Waals surface area contributed by atoms with E-state index in [0.717, 1.165) is 17.1 Å². The third-order valence-electron chi connectivity index (χ3n) is 11.2. The smallest absolute Gasteiger partial charge is 0.179 e. The molecule has 1 heterocycles. The van der Waals surface area contributed by atoms with Gasteiger partial charge in [-0.25, -0.2) is 0 Å². The molecule has 10 aromatic rings. The Kier molecular flexibility index (Phi) is 9.15. The molecule has 0 fully saturated rings. The fourth-order valence-corrected chi connectivity index (χ4v) is 14.4. The van der Waals surface area contributed by atoms with Gasteiger partial charge in [-0.1, -0.05) is 188 Å². The van der Waals surface area contributed by atoms with Crippen molar-refractivity contribution in [1.29, 1.82) is 0 Å². The number of hydrogen-bond acceptors (Lipinski definition) is 2. The highest BCUT2D eigenvalue weighted by Crippen LogP contribution is 2.37. The van der Waals surface area contributed by atoms with Crippen molar-refractivity contribution in [3.8, 4) is 22.3 Å². The second-order valence-corrected chi connectivity index (χ2v) is 19.4. The van der Waals surface area contributed by atoms with Gasteiger partial charge in [-0.3, -0.25) is 0 Å². The summed E-state index contributed by atoms with van der Waals surface area (Å²) in [6.45, 7) is 0. The molecule has 0 unspecified atom stereocenters. The first-order valence-electron chi connectivity index (χ1n) is 19.5. The molecule has 9 aromatic carbocycles. The maximum atomic E-state index is 2.40. The van der Waals surface area contributed by atoms with Gasteiger partial charge in [-0.2, -0.15) is 0 Å². The average molecular weight is 762 g/mol. The lowest BCUT2D eigenvalue weighted by atomic mass is 10.0. The predicted octanol–water partition coefficient (Wildman–Crippen LogP) is 12.2. The van der Waals surface area contributed by atoms with E-state index in [9.17, 15) is 0 Å². The van der Waals surface area contributed by atoms with Gasteiger partial charge in [0.15, 0.2) is 8.07 Å². The molecule has 0 N–H and O–H groups in total. The van der Waals surface area contributed by atoms with E-state index in [4.69, 9.17) is 0 Å². The summed E-state index contributed by atoms with van der Waals surface area (Å²) in [5, 5.41) is 8.13. The number of nitrogens with zero attached hydrogens (tertiary/aromatic N) is 1. The highest BCUT2D eigenvalue weighted by atomic mass is 32.1. The van der Waals surface area contributed by atoms with E-state index in [1.807, 2.05) is 11.3 Å². The Labute approximate surface area is 339 Å². The molecule has 270 valence electrons. The number of para-hydroxylation sites is 2. The van der Waals surface area contributed by atoms with E-state index in [2.05, 4.69) is 241 Å². The Balaban J connectivity index is 1.04. The van der Waals surface area contributed by atoms with Crippen LogP contribution in [0.4, 0.5) is 17.1 Å². The summed E-state index contributed by atoms with van der Waals surface area (Å²) in [7, 11) is -2.72. The van der Waals surface area contributed by atoms with Crippen molar-refractivity contribution in [2.24, 2.45) is 0 Å². The van der Waals surface area contributed by atoms with Crippen LogP contribution >= 0.6 is 11.3 Å². The highest BCUT2D eigenvalue weighted by molar-refractivity contribution is 7.25. The maximum Gasteiger partial charge on any atom is 0.179 e. The van der Waals surface area contributed by atoms with Crippen molar-refractivity contribution in [2.45, 2.75) is 0 Å². The number of rotatable bonds is 9. The molecular weight excluding hydrogens is 723 g/mol. The van der Waals surface area contributed by atoms with Crippen LogP contribution in [0.1, 0.15) is 0 Å². The second kappa shape index (κ2) is 15.0. The molecule has 0 amide bonds. The van der Waals surface area contributed by atoms with Crippen LogP contribution in [-0.4, -0.2) is 8.07 Å². The first-order chi connectivity index (χ1) is 28.3. The van der Waals surface area contributed by atoms with Gasteiger partial charge in [0.2, 0.25) is 0 Å². The zero-order valence-electron chi connectivity index (χ0n) is 31.4. The number of thiophene rings is 1. The Hall–Kier alpha value is -6.78. The lowest BCUT2D eigenvalue weighted by Crippen LogP contribution is -2.74.